The molecule has 1 aromatic heterocycles. The molecule has 1 heterocycles. The maximum Gasteiger partial charge on any atom is 0.251 e. The summed E-state index contributed by atoms with van der Waals surface area (Å²) in [5, 5.41) is 9.58. The minimum absolute atomic E-state index is 0.190. The Balaban J connectivity index is 1.69. The molecule has 0 radical (unpaired) electrons. The van der Waals surface area contributed by atoms with E-state index in [4.69, 9.17) is 0 Å². The summed E-state index contributed by atoms with van der Waals surface area (Å²) in [6, 6.07) is 10.1. The molecule has 1 aromatic carbocycles. The lowest BCUT2D eigenvalue weighted by atomic mass is 10.2. The molecule has 2 aromatic rings. The largest absolute Gasteiger partial charge is 0.354 e. The second-order valence-corrected chi connectivity index (χ2v) is 4.97. The Morgan fingerprint density at radius 1 is 1.23 bits per heavy atom. The minimum atomic E-state index is -0.572. The number of hydrogen-bond donors (Lipinski definition) is 2. The summed E-state index contributed by atoms with van der Waals surface area (Å²) < 4.78 is 1.81. The smallest absolute Gasteiger partial charge is 0.251 e. The van der Waals surface area contributed by atoms with Crippen LogP contribution in [0, 0.1) is 0 Å². The number of carbonyl (C=O) groups is 2. The van der Waals surface area contributed by atoms with Crippen LogP contribution in [0.5, 0.6) is 0 Å². The molecule has 2 rings (SSSR count). The lowest BCUT2D eigenvalue weighted by Crippen LogP contribution is -2.45. The third kappa shape index (κ3) is 4.73. The molecule has 22 heavy (non-hydrogen) atoms. The van der Waals surface area contributed by atoms with Crippen molar-refractivity contribution in [2.45, 2.75) is 25.9 Å². The van der Waals surface area contributed by atoms with Crippen LogP contribution in [0.1, 0.15) is 23.7 Å². The average molecular weight is 300 g/mol. The summed E-state index contributed by atoms with van der Waals surface area (Å²) in [5.74, 6) is -0.440. The zero-order valence-corrected chi connectivity index (χ0v) is 12.5. The van der Waals surface area contributed by atoms with Crippen molar-refractivity contribution in [2.24, 2.45) is 0 Å². The number of amides is 2. The predicted molar refractivity (Wildman–Crippen MR) is 83.2 cm³/mol. The lowest BCUT2D eigenvalue weighted by Gasteiger charge is -2.14. The summed E-state index contributed by atoms with van der Waals surface area (Å²) in [6.07, 6.45) is 4.39. The van der Waals surface area contributed by atoms with Gasteiger partial charge in [-0.05, 0) is 31.5 Å². The fourth-order valence-electron chi connectivity index (χ4n) is 1.97. The number of aryl methyl sites for hydroxylation is 1. The Bertz CT molecular complexity index is 596. The van der Waals surface area contributed by atoms with Crippen molar-refractivity contribution >= 4 is 11.8 Å². The van der Waals surface area contributed by atoms with Gasteiger partial charge >= 0.3 is 0 Å². The molecular weight excluding hydrogens is 280 g/mol. The first-order chi connectivity index (χ1) is 10.7. The van der Waals surface area contributed by atoms with E-state index in [1.165, 1.54) is 0 Å². The van der Waals surface area contributed by atoms with Gasteiger partial charge in [-0.3, -0.25) is 14.3 Å². The molecule has 2 amide bonds. The molecule has 6 heteroatoms. The molecule has 1 unspecified atom stereocenters. The van der Waals surface area contributed by atoms with Crippen LogP contribution in [0.2, 0.25) is 0 Å². The van der Waals surface area contributed by atoms with Gasteiger partial charge in [0.1, 0.15) is 6.04 Å². The van der Waals surface area contributed by atoms with Crippen molar-refractivity contribution in [1.82, 2.24) is 20.4 Å². The van der Waals surface area contributed by atoms with Gasteiger partial charge in [0.05, 0.1) is 0 Å². The van der Waals surface area contributed by atoms with E-state index in [0.29, 0.717) is 12.1 Å². The first-order valence-electron chi connectivity index (χ1n) is 7.28. The van der Waals surface area contributed by atoms with Crippen molar-refractivity contribution < 1.29 is 9.59 Å². The van der Waals surface area contributed by atoms with Crippen LogP contribution in [0.4, 0.5) is 0 Å². The first kappa shape index (κ1) is 15.8. The molecule has 116 valence electrons. The van der Waals surface area contributed by atoms with Gasteiger partial charge in [-0.25, -0.2) is 0 Å². The van der Waals surface area contributed by atoms with Gasteiger partial charge in [-0.2, -0.15) is 5.10 Å². The van der Waals surface area contributed by atoms with Crippen LogP contribution in [0.25, 0.3) is 0 Å². The molecule has 0 aliphatic heterocycles. The summed E-state index contributed by atoms with van der Waals surface area (Å²) in [4.78, 5) is 23.9. The number of nitrogens with zero attached hydrogens (tertiary/aromatic N) is 2. The van der Waals surface area contributed by atoms with Crippen LogP contribution < -0.4 is 10.6 Å². The number of rotatable bonds is 7. The van der Waals surface area contributed by atoms with Crippen molar-refractivity contribution in [3.05, 3.63) is 54.4 Å². The van der Waals surface area contributed by atoms with Crippen LogP contribution in [0.3, 0.4) is 0 Å². The van der Waals surface area contributed by atoms with E-state index in [1.54, 1.807) is 37.4 Å². The van der Waals surface area contributed by atoms with E-state index in [2.05, 4.69) is 15.7 Å². The van der Waals surface area contributed by atoms with Crippen molar-refractivity contribution in [2.75, 3.05) is 6.54 Å². The number of hydrogen-bond acceptors (Lipinski definition) is 3. The molecule has 0 aliphatic carbocycles. The third-order valence-corrected chi connectivity index (χ3v) is 3.20. The number of carbonyl (C=O) groups excluding carboxylic acids is 2. The van der Waals surface area contributed by atoms with E-state index >= 15 is 0 Å². The monoisotopic (exact) mass is 300 g/mol. The maximum absolute atomic E-state index is 11.9. The standard InChI is InChI=1S/C16H20N4O2/c1-13(19-16(22)14-7-3-2-4-8-14)15(21)17-9-5-11-20-12-6-10-18-20/h2-4,6-8,10,12-13H,5,9,11H2,1H3,(H,17,21)(H,19,22). The van der Waals surface area contributed by atoms with Crippen molar-refractivity contribution in [1.29, 1.82) is 0 Å². The zero-order chi connectivity index (χ0) is 15.8. The van der Waals surface area contributed by atoms with Gasteiger partial charge < -0.3 is 10.6 Å². The Hall–Kier alpha value is -2.63. The van der Waals surface area contributed by atoms with E-state index in [1.807, 2.05) is 23.0 Å². The number of benzene rings is 1. The third-order valence-electron chi connectivity index (χ3n) is 3.20. The van der Waals surface area contributed by atoms with Gasteiger partial charge in [-0.15, -0.1) is 0 Å². The highest BCUT2D eigenvalue weighted by Crippen LogP contribution is 1.99. The van der Waals surface area contributed by atoms with Crippen LogP contribution in [-0.4, -0.2) is 34.2 Å². The highest BCUT2D eigenvalue weighted by molar-refractivity contribution is 5.97. The molecule has 0 saturated heterocycles. The van der Waals surface area contributed by atoms with Crippen molar-refractivity contribution in [3.63, 3.8) is 0 Å². The fraction of sp³-hybridized carbons (Fsp3) is 0.312. The molecule has 0 bridgehead atoms. The van der Waals surface area contributed by atoms with Crippen molar-refractivity contribution in [3.8, 4) is 0 Å². The molecule has 0 aliphatic rings. The number of nitrogens with one attached hydrogen (secondary N) is 2. The van der Waals surface area contributed by atoms with Gasteiger partial charge in [0, 0.05) is 31.0 Å². The topological polar surface area (TPSA) is 76.0 Å². The Morgan fingerprint density at radius 3 is 2.68 bits per heavy atom. The predicted octanol–water partition coefficient (Wildman–Crippen LogP) is 1.21. The quantitative estimate of drug-likeness (QED) is 0.755. The average Bonchev–Trinajstić information content (AvgIpc) is 3.05. The molecule has 0 spiro atoms. The summed E-state index contributed by atoms with van der Waals surface area (Å²) in [7, 11) is 0. The Kier molecular flexibility index (Phi) is 5.71. The molecule has 2 N–H and O–H groups in total. The van der Waals surface area contributed by atoms with Crippen LogP contribution in [0.15, 0.2) is 48.8 Å². The van der Waals surface area contributed by atoms with Crippen LogP contribution in [-0.2, 0) is 11.3 Å². The molecule has 0 saturated carbocycles. The van der Waals surface area contributed by atoms with Gasteiger partial charge in [0.25, 0.3) is 5.91 Å². The highest BCUT2D eigenvalue weighted by atomic mass is 16.2. The van der Waals surface area contributed by atoms with E-state index in [9.17, 15) is 9.59 Å². The Morgan fingerprint density at radius 2 is 2.00 bits per heavy atom. The normalized spacial score (nSPS) is 11.7. The van der Waals surface area contributed by atoms with Gasteiger partial charge in [-0.1, -0.05) is 18.2 Å². The van der Waals surface area contributed by atoms with Crippen LogP contribution >= 0.6 is 0 Å². The fourth-order valence-corrected chi connectivity index (χ4v) is 1.97. The molecular formula is C16H20N4O2. The number of aromatic nitrogens is 2. The summed E-state index contributed by atoms with van der Waals surface area (Å²) in [5.41, 5.74) is 0.542. The highest BCUT2D eigenvalue weighted by Gasteiger charge is 2.15. The summed E-state index contributed by atoms with van der Waals surface area (Å²) >= 11 is 0. The minimum Gasteiger partial charge on any atom is -0.354 e. The van der Waals surface area contributed by atoms with Gasteiger partial charge in [0.15, 0.2) is 0 Å². The SMILES string of the molecule is CC(NC(=O)c1ccccc1)C(=O)NCCCn1cccn1. The molecule has 6 nitrogen and oxygen atoms in total. The summed E-state index contributed by atoms with van der Waals surface area (Å²) in [6.45, 7) is 2.96. The van der Waals surface area contributed by atoms with E-state index in [0.717, 1.165) is 13.0 Å². The second kappa shape index (κ2) is 7.97. The lowest BCUT2D eigenvalue weighted by molar-refractivity contribution is -0.122. The van der Waals surface area contributed by atoms with E-state index < -0.39 is 6.04 Å². The zero-order valence-electron chi connectivity index (χ0n) is 12.5. The maximum atomic E-state index is 11.9. The van der Waals surface area contributed by atoms with E-state index in [-0.39, 0.29) is 11.8 Å². The second-order valence-electron chi connectivity index (χ2n) is 4.97. The first-order valence-corrected chi connectivity index (χ1v) is 7.28. The Labute approximate surface area is 129 Å². The molecule has 0 fully saturated rings. The molecule has 1 atom stereocenters. The van der Waals surface area contributed by atoms with Gasteiger partial charge in [0.2, 0.25) is 5.91 Å².